The van der Waals surface area contributed by atoms with Gasteiger partial charge in [0.1, 0.15) is 11.8 Å². The summed E-state index contributed by atoms with van der Waals surface area (Å²) in [6, 6.07) is 9.81. The summed E-state index contributed by atoms with van der Waals surface area (Å²) in [5.41, 5.74) is -0.540. The number of methoxy groups -OCH3 is 1. The molecule has 0 heterocycles. The van der Waals surface area contributed by atoms with Crippen molar-refractivity contribution in [1.29, 1.82) is 0 Å². The second-order valence-corrected chi connectivity index (χ2v) is 7.41. The molecule has 0 spiro atoms. The lowest BCUT2D eigenvalue weighted by Crippen LogP contribution is -2.44. The van der Waals surface area contributed by atoms with Crippen molar-refractivity contribution in [3.63, 3.8) is 0 Å². The standard InChI is InChI=1S/C18H20N2O7S/c1-4-27-18(21)13(2)19(14-9-5-7-11-16(14)26-3)28(24,25)17-12-8-6-10-15(17)20(22)23/h5-13H,4H2,1-3H3/t13-/m1/s1. The van der Waals surface area contributed by atoms with Gasteiger partial charge in [-0.05, 0) is 32.0 Å². The summed E-state index contributed by atoms with van der Waals surface area (Å²) in [4.78, 5) is 22.4. The quantitative estimate of drug-likeness (QED) is 0.374. The van der Waals surface area contributed by atoms with Gasteiger partial charge in [0.2, 0.25) is 0 Å². The molecule has 0 aliphatic heterocycles. The van der Waals surface area contributed by atoms with Crippen LogP contribution in [0.1, 0.15) is 13.8 Å². The van der Waals surface area contributed by atoms with Crippen molar-refractivity contribution in [1.82, 2.24) is 0 Å². The molecule has 0 N–H and O–H groups in total. The van der Waals surface area contributed by atoms with E-state index in [2.05, 4.69) is 0 Å². The van der Waals surface area contributed by atoms with Crippen molar-refractivity contribution in [2.24, 2.45) is 0 Å². The van der Waals surface area contributed by atoms with Crippen LogP contribution in [0.4, 0.5) is 11.4 Å². The molecular formula is C18H20N2O7S. The molecule has 0 unspecified atom stereocenters. The summed E-state index contributed by atoms with van der Waals surface area (Å²) in [7, 11) is -3.16. The minimum absolute atomic E-state index is 0.0501. The molecule has 0 fully saturated rings. The number of sulfonamides is 1. The first-order valence-electron chi connectivity index (χ1n) is 8.33. The maximum absolute atomic E-state index is 13.4. The molecule has 0 bridgehead atoms. The number of rotatable bonds is 8. The van der Waals surface area contributed by atoms with Gasteiger partial charge in [0.05, 0.1) is 24.3 Å². The van der Waals surface area contributed by atoms with Crippen molar-refractivity contribution in [2.45, 2.75) is 24.8 Å². The van der Waals surface area contributed by atoms with Crippen molar-refractivity contribution < 1.29 is 27.6 Å². The van der Waals surface area contributed by atoms with Gasteiger partial charge in [0, 0.05) is 6.07 Å². The number of carbonyl (C=O) groups is 1. The number of esters is 1. The second-order valence-electron chi connectivity index (χ2n) is 5.63. The zero-order valence-corrected chi connectivity index (χ0v) is 16.4. The molecule has 0 aliphatic rings. The Morgan fingerprint density at radius 1 is 1.18 bits per heavy atom. The normalized spacial score (nSPS) is 12.1. The molecular weight excluding hydrogens is 388 g/mol. The van der Waals surface area contributed by atoms with E-state index in [1.807, 2.05) is 0 Å². The lowest BCUT2D eigenvalue weighted by atomic mass is 10.2. The number of hydrogen-bond donors (Lipinski definition) is 0. The summed E-state index contributed by atoms with van der Waals surface area (Å²) < 4.78 is 37.9. The van der Waals surface area contributed by atoms with E-state index in [1.165, 1.54) is 38.3 Å². The molecule has 150 valence electrons. The molecule has 1 atom stereocenters. The highest BCUT2D eigenvalue weighted by Gasteiger charge is 2.39. The fraction of sp³-hybridized carbons (Fsp3) is 0.278. The average molecular weight is 408 g/mol. The SMILES string of the molecule is CCOC(=O)[C@@H](C)N(c1ccccc1OC)S(=O)(=O)c1ccccc1[N+](=O)[O-]. The van der Waals surface area contributed by atoms with Gasteiger partial charge in [-0.15, -0.1) is 0 Å². The van der Waals surface area contributed by atoms with Gasteiger partial charge >= 0.3 is 5.97 Å². The number of nitro groups is 1. The lowest BCUT2D eigenvalue weighted by Gasteiger charge is -2.30. The van der Waals surface area contributed by atoms with Gasteiger partial charge in [-0.3, -0.25) is 10.1 Å². The van der Waals surface area contributed by atoms with Crippen LogP contribution in [0.25, 0.3) is 0 Å². The number of anilines is 1. The van der Waals surface area contributed by atoms with E-state index in [9.17, 15) is 23.3 Å². The van der Waals surface area contributed by atoms with Gasteiger partial charge in [-0.1, -0.05) is 24.3 Å². The Bertz CT molecular complexity index is 975. The summed E-state index contributed by atoms with van der Waals surface area (Å²) in [5.74, 6) is -0.614. The van der Waals surface area contributed by atoms with Crippen LogP contribution in [0.2, 0.25) is 0 Å². The first-order chi connectivity index (χ1) is 13.3. The molecule has 2 rings (SSSR count). The van der Waals surface area contributed by atoms with E-state index >= 15 is 0 Å². The van der Waals surface area contributed by atoms with Crippen LogP contribution < -0.4 is 9.04 Å². The number of nitro benzene ring substituents is 1. The first kappa shape index (κ1) is 21.2. The van der Waals surface area contributed by atoms with Gasteiger partial charge in [0.15, 0.2) is 4.90 Å². The smallest absolute Gasteiger partial charge is 0.329 e. The molecule has 0 aromatic heterocycles. The van der Waals surface area contributed by atoms with Crippen LogP contribution in [0.5, 0.6) is 5.75 Å². The highest BCUT2D eigenvalue weighted by Crippen LogP contribution is 2.36. The molecule has 0 amide bonds. The van der Waals surface area contributed by atoms with Crippen molar-refractivity contribution in [3.05, 3.63) is 58.6 Å². The summed E-state index contributed by atoms with van der Waals surface area (Å²) in [6.45, 7) is 2.99. The molecule has 0 aliphatic carbocycles. The van der Waals surface area contributed by atoms with E-state index in [4.69, 9.17) is 9.47 Å². The number of nitrogens with zero attached hydrogens (tertiary/aromatic N) is 2. The molecule has 0 saturated carbocycles. The Morgan fingerprint density at radius 3 is 2.39 bits per heavy atom. The highest BCUT2D eigenvalue weighted by molar-refractivity contribution is 7.93. The maximum atomic E-state index is 13.4. The Hall–Kier alpha value is -3.14. The third-order valence-electron chi connectivity index (χ3n) is 3.90. The Morgan fingerprint density at radius 2 is 1.79 bits per heavy atom. The Kier molecular flexibility index (Phi) is 6.57. The third-order valence-corrected chi connectivity index (χ3v) is 5.83. The monoisotopic (exact) mass is 408 g/mol. The fourth-order valence-electron chi connectivity index (χ4n) is 2.65. The minimum Gasteiger partial charge on any atom is -0.495 e. The van der Waals surface area contributed by atoms with E-state index in [0.29, 0.717) is 0 Å². The van der Waals surface area contributed by atoms with E-state index in [1.54, 1.807) is 19.1 Å². The van der Waals surface area contributed by atoms with Gasteiger partial charge < -0.3 is 9.47 Å². The van der Waals surface area contributed by atoms with Gasteiger partial charge in [0.25, 0.3) is 15.7 Å². The summed E-state index contributed by atoms with van der Waals surface area (Å²) >= 11 is 0. The zero-order chi connectivity index (χ0) is 20.9. The summed E-state index contributed by atoms with van der Waals surface area (Å²) in [5, 5.41) is 11.4. The first-order valence-corrected chi connectivity index (χ1v) is 9.77. The van der Waals surface area contributed by atoms with Gasteiger partial charge in [-0.25, -0.2) is 17.5 Å². The Balaban J connectivity index is 2.75. The van der Waals surface area contributed by atoms with Crippen LogP contribution in [-0.2, 0) is 19.6 Å². The Labute approximate surface area is 162 Å². The van der Waals surface area contributed by atoms with Gasteiger partial charge in [-0.2, -0.15) is 0 Å². The van der Waals surface area contributed by atoms with E-state index < -0.39 is 37.5 Å². The number of ether oxygens (including phenoxy) is 2. The van der Waals surface area contributed by atoms with Crippen LogP contribution in [0, 0.1) is 10.1 Å². The second kappa shape index (κ2) is 8.70. The average Bonchev–Trinajstić information content (AvgIpc) is 2.68. The molecule has 10 heteroatoms. The molecule has 28 heavy (non-hydrogen) atoms. The largest absolute Gasteiger partial charge is 0.495 e. The number of para-hydroxylation sites is 3. The summed E-state index contributed by atoms with van der Waals surface area (Å²) in [6.07, 6.45) is 0. The van der Waals surface area contributed by atoms with Crippen molar-refractivity contribution in [2.75, 3.05) is 18.0 Å². The number of hydrogen-bond acceptors (Lipinski definition) is 7. The maximum Gasteiger partial charge on any atom is 0.329 e. The molecule has 2 aromatic rings. The fourth-order valence-corrected chi connectivity index (χ4v) is 4.43. The van der Waals surface area contributed by atoms with Crippen LogP contribution >= 0.6 is 0 Å². The zero-order valence-electron chi connectivity index (χ0n) is 15.6. The molecule has 2 aromatic carbocycles. The van der Waals surface area contributed by atoms with Crippen LogP contribution in [-0.4, -0.2) is 39.1 Å². The van der Waals surface area contributed by atoms with Crippen LogP contribution in [0.15, 0.2) is 53.4 Å². The molecule has 0 saturated heterocycles. The number of carbonyl (C=O) groups excluding carboxylic acids is 1. The predicted molar refractivity (Wildman–Crippen MR) is 102 cm³/mol. The highest BCUT2D eigenvalue weighted by atomic mass is 32.2. The topological polar surface area (TPSA) is 116 Å². The minimum atomic E-state index is -4.51. The van der Waals surface area contributed by atoms with E-state index in [-0.39, 0.29) is 18.0 Å². The van der Waals surface area contributed by atoms with E-state index in [0.717, 1.165) is 16.4 Å². The third kappa shape index (κ3) is 4.06. The lowest BCUT2D eigenvalue weighted by molar-refractivity contribution is -0.387. The van der Waals surface area contributed by atoms with Crippen molar-refractivity contribution in [3.8, 4) is 5.75 Å². The molecule has 9 nitrogen and oxygen atoms in total. The number of benzene rings is 2. The van der Waals surface area contributed by atoms with Crippen LogP contribution in [0.3, 0.4) is 0 Å². The molecule has 0 radical (unpaired) electrons. The van der Waals surface area contributed by atoms with Crippen molar-refractivity contribution >= 4 is 27.4 Å². The predicted octanol–water partition coefficient (Wildman–Crippen LogP) is 2.75.